The van der Waals surface area contributed by atoms with Crippen molar-refractivity contribution in [1.82, 2.24) is 9.97 Å². The first kappa shape index (κ1) is 13.4. The van der Waals surface area contributed by atoms with Crippen molar-refractivity contribution in [1.29, 1.82) is 0 Å². The highest BCUT2D eigenvalue weighted by Gasteiger charge is 2.07. The van der Waals surface area contributed by atoms with E-state index in [-0.39, 0.29) is 0 Å². The minimum atomic E-state index is 0.615. The normalized spacial score (nSPS) is 10.2. The van der Waals surface area contributed by atoms with Gasteiger partial charge in [0.2, 0.25) is 0 Å². The number of benzene rings is 1. The summed E-state index contributed by atoms with van der Waals surface area (Å²) in [5.74, 6) is 1.37. The SMILES string of the molecule is C=CCNc1nc2ccc(Cl)cc2nc1NCC=C. The number of nitrogens with one attached hydrogen (secondary N) is 2. The van der Waals surface area contributed by atoms with Crippen LogP contribution in [0.3, 0.4) is 0 Å². The predicted molar refractivity (Wildman–Crippen MR) is 81.9 cm³/mol. The van der Waals surface area contributed by atoms with Crippen molar-refractivity contribution in [2.75, 3.05) is 23.7 Å². The minimum absolute atomic E-state index is 0.615. The van der Waals surface area contributed by atoms with Gasteiger partial charge in [-0.1, -0.05) is 23.8 Å². The van der Waals surface area contributed by atoms with Crippen molar-refractivity contribution in [3.8, 4) is 0 Å². The summed E-state index contributed by atoms with van der Waals surface area (Å²) in [5, 5.41) is 6.95. The van der Waals surface area contributed by atoms with Crippen molar-refractivity contribution in [3.63, 3.8) is 0 Å². The molecular weight excluding hydrogens is 260 g/mol. The molecular formula is C14H15ClN4. The van der Waals surface area contributed by atoms with Crippen LogP contribution in [-0.4, -0.2) is 23.1 Å². The van der Waals surface area contributed by atoms with E-state index in [1.54, 1.807) is 24.3 Å². The molecule has 98 valence electrons. The number of aromatic nitrogens is 2. The fraction of sp³-hybridized carbons (Fsp3) is 0.143. The highest BCUT2D eigenvalue weighted by Crippen LogP contribution is 2.23. The maximum absolute atomic E-state index is 5.97. The minimum Gasteiger partial charge on any atom is -0.364 e. The van der Waals surface area contributed by atoms with Gasteiger partial charge in [-0.2, -0.15) is 0 Å². The number of rotatable bonds is 6. The van der Waals surface area contributed by atoms with E-state index in [1.165, 1.54) is 0 Å². The highest BCUT2D eigenvalue weighted by atomic mass is 35.5. The summed E-state index contributed by atoms with van der Waals surface area (Å²) in [7, 11) is 0. The Morgan fingerprint density at radius 1 is 1.00 bits per heavy atom. The van der Waals surface area contributed by atoms with Crippen LogP contribution in [0.2, 0.25) is 5.02 Å². The third-order valence-corrected chi connectivity index (χ3v) is 2.69. The van der Waals surface area contributed by atoms with E-state index < -0.39 is 0 Å². The van der Waals surface area contributed by atoms with E-state index in [1.807, 2.05) is 6.07 Å². The van der Waals surface area contributed by atoms with E-state index in [9.17, 15) is 0 Å². The Bertz CT molecular complexity index is 610. The van der Waals surface area contributed by atoms with E-state index >= 15 is 0 Å². The summed E-state index contributed by atoms with van der Waals surface area (Å²) in [4.78, 5) is 9.05. The van der Waals surface area contributed by atoms with E-state index in [0.717, 1.165) is 11.0 Å². The third-order valence-electron chi connectivity index (χ3n) is 2.45. The van der Waals surface area contributed by atoms with Crippen LogP contribution in [-0.2, 0) is 0 Å². The van der Waals surface area contributed by atoms with Crippen LogP contribution in [0.5, 0.6) is 0 Å². The highest BCUT2D eigenvalue weighted by molar-refractivity contribution is 6.31. The van der Waals surface area contributed by atoms with Crippen LogP contribution in [0.4, 0.5) is 11.6 Å². The van der Waals surface area contributed by atoms with Gasteiger partial charge in [0.25, 0.3) is 0 Å². The molecule has 2 N–H and O–H groups in total. The zero-order valence-electron chi connectivity index (χ0n) is 10.5. The van der Waals surface area contributed by atoms with Crippen LogP contribution in [0.15, 0.2) is 43.5 Å². The molecule has 0 radical (unpaired) electrons. The average Bonchev–Trinajstić information content (AvgIpc) is 2.42. The smallest absolute Gasteiger partial charge is 0.170 e. The molecule has 0 amide bonds. The molecule has 0 bridgehead atoms. The van der Waals surface area contributed by atoms with Crippen LogP contribution in [0.25, 0.3) is 11.0 Å². The zero-order valence-corrected chi connectivity index (χ0v) is 11.2. The van der Waals surface area contributed by atoms with Gasteiger partial charge >= 0.3 is 0 Å². The summed E-state index contributed by atoms with van der Waals surface area (Å²) < 4.78 is 0. The molecule has 1 heterocycles. The molecule has 0 saturated heterocycles. The largest absolute Gasteiger partial charge is 0.364 e. The molecule has 0 atom stereocenters. The van der Waals surface area contributed by atoms with Gasteiger partial charge in [0.1, 0.15) is 0 Å². The summed E-state index contributed by atoms with van der Waals surface area (Å²) in [6, 6.07) is 5.44. The maximum atomic E-state index is 5.97. The second kappa shape index (κ2) is 6.20. The second-order valence-corrected chi connectivity index (χ2v) is 4.33. The predicted octanol–water partition coefficient (Wildman–Crippen LogP) is 3.48. The average molecular weight is 275 g/mol. The van der Waals surface area contributed by atoms with Crippen LogP contribution in [0.1, 0.15) is 0 Å². The number of hydrogen-bond acceptors (Lipinski definition) is 4. The Hall–Kier alpha value is -2.07. The van der Waals surface area contributed by atoms with Crippen molar-refractivity contribution in [3.05, 3.63) is 48.5 Å². The van der Waals surface area contributed by atoms with Crippen molar-refractivity contribution >= 4 is 34.3 Å². The van der Waals surface area contributed by atoms with Gasteiger partial charge in [-0.25, -0.2) is 9.97 Å². The number of nitrogens with zero attached hydrogens (tertiary/aromatic N) is 2. The van der Waals surface area contributed by atoms with Gasteiger partial charge in [-0.05, 0) is 18.2 Å². The van der Waals surface area contributed by atoms with Crippen molar-refractivity contribution in [2.24, 2.45) is 0 Å². The second-order valence-electron chi connectivity index (χ2n) is 3.89. The monoisotopic (exact) mass is 274 g/mol. The molecule has 1 aromatic heterocycles. The Morgan fingerprint density at radius 2 is 1.58 bits per heavy atom. The molecule has 0 saturated carbocycles. The first-order valence-electron chi connectivity index (χ1n) is 5.91. The molecule has 0 aliphatic carbocycles. The molecule has 5 heteroatoms. The van der Waals surface area contributed by atoms with E-state index in [4.69, 9.17) is 11.6 Å². The quantitative estimate of drug-likeness (QED) is 0.792. The summed E-state index contributed by atoms with van der Waals surface area (Å²) in [5.41, 5.74) is 1.54. The first-order valence-corrected chi connectivity index (χ1v) is 6.29. The fourth-order valence-electron chi connectivity index (χ4n) is 1.61. The van der Waals surface area contributed by atoms with E-state index in [0.29, 0.717) is 29.7 Å². The number of anilines is 2. The number of hydrogen-bond donors (Lipinski definition) is 2. The summed E-state index contributed by atoms with van der Waals surface area (Å²) in [6.07, 6.45) is 3.53. The lowest BCUT2D eigenvalue weighted by Crippen LogP contribution is -2.09. The Kier molecular flexibility index (Phi) is 4.36. The van der Waals surface area contributed by atoms with Crippen LogP contribution in [0, 0.1) is 0 Å². The Labute approximate surface area is 117 Å². The molecule has 4 nitrogen and oxygen atoms in total. The standard InChI is InChI=1S/C14H15ClN4/c1-3-7-16-13-14(17-8-4-2)19-12-9-10(15)5-6-11(12)18-13/h3-6,9H,1-2,7-8H2,(H,16,18)(H,17,19). The molecule has 0 fully saturated rings. The van der Waals surface area contributed by atoms with Gasteiger partial charge in [-0.3, -0.25) is 0 Å². The van der Waals surface area contributed by atoms with Gasteiger partial charge < -0.3 is 10.6 Å². The molecule has 0 aliphatic rings. The molecule has 2 rings (SSSR count). The summed E-state index contributed by atoms with van der Waals surface area (Å²) >= 11 is 5.97. The van der Waals surface area contributed by atoms with Crippen LogP contribution < -0.4 is 10.6 Å². The van der Waals surface area contributed by atoms with Gasteiger partial charge in [-0.15, -0.1) is 13.2 Å². The molecule has 19 heavy (non-hydrogen) atoms. The third kappa shape index (κ3) is 3.23. The van der Waals surface area contributed by atoms with E-state index in [2.05, 4.69) is 33.8 Å². The van der Waals surface area contributed by atoms with Gasteiger partial charge in [0.15, 0.2) is 11.6 Å². The van der Waals surface area contributed by atoms with Gasteiger partial charge in [0, 0.05) is 18.1 Å². The first-order chi connectivity index (χ1) is 9.24. The summed E-state index contributed by atoms with van der Waals surface area (Å²) in [6.45, 7) is 8.59. The van der Waals surface area contributed by atoms with Crippen molar-refractivity contribution in [2.45, 2.75) is 0 Å². The molecule has 2 aromatic rings. The molecule has 1 aromatic carbocycles. The Balaban J connectivity index is 2.45. The molecule has 0 aliphatic heterocycles. The molecule has 0 unspecified atom stereocenters. The lowest BCUT2D eigenvalue weighted by molar-refractivity contribution is 1.18. The lowest BCUT2D eigenvalue weighted by Gasteiger charge is -2.11. The maximum Gasteiger partial charge on any atom is 0.170 e. The zero-order chi connectivity index (χ0) is 13.7. The lowest BCUT2D eigenvalue weighted by atomic mass is 10.3. The molecule has 0 spiro atoms. The van der Waals surface area contributed by atoms with Gasteiger partial charge in [0.05, 0.1) is 11.0 Å². The number of fused-ring (bicyclic) bond motifs is 1. The van der Waals surface area contributed by atoms with Crippen molar-refractivity contribution < 1.29 is 0 Å². The van der Waals surface area contributed by atoms with Crippen LogP contribution >= 0.6 is 11.6 Å². The number of halogens is 1. The fourth-order valence-corrected chi connectivity index (χ4v) is 1.78. The Morgan fingerprint density at radius 3 is 2.16 bits per heavy atom. The topological polar surface area (TPSA) is 49.8 Å².